The Balaban J connectivity index is 2.27. The molecular formula is C13H20N2O. The van der Waals surface area contributed by atoms with Gasteiger partial charge in [0.25, 0.3) is 0 Å². The van der Waals surface area contributed by atoms with Gasteiger partial charge in [-0.3, -0.25) is 4.98 Å². The molecule has 0 bridgehead atoms. The van der Waals surface area contributed by atoms with Crippen LogP contribution < -0.4 is 0 Å². The Morgan fingerprint density at radius 2 is 2.19 bits per heavy atom. The van der Waals surface area contributed by atoms with Gasteiger partial charge < -0.3 is 10.0 Å². The SMILES string of the molecule is Cc1ccncc1C1(O)CCCN(C)CC1. The van der Waals surface area contributed by atoms with Crippen LogP contribution in [-0.2, 0) is 5.60 Å². The van der Waals surface area contributed by atoms with Gasteiger partial charge in [0, 0.05) is 24.5 Å². The van der Waals surface area contributed by atoms with E-state index >= 15 is 0 Å². The van der Waals surface area contributed by atoms with Crippen LogP contribution in [0.15, 0.2) is 18.5 Å². The van der Waals surface area contributed by atoms with Crippen molar-refractivity contribution >= 4 is 0 Å². The summed E-state index contributed by atoms with van der Waals surface area (Å²) in [7, 11) is 2.11. The van der Waals surface area contributed by atoms with Gasteiger partial charge in [0.1, 0.15) is 0 Å². The van der Waals surface area contributed by atoms with E-state index in [1.54, 1.807) is 6.20 Å². The van der Waals surface area contributed by atoms with Crippen LogP contribution in [0.25, 0.3) is 0 Å². The predicted octanol–water partition coefficient (Wildman–Crippen LogP) is 1.69. The molecule has 2 heterocycles. The van der Waals surface area contributed by atoms with Crippen LogP contribution in [0, 0.1) is 6.92 Å². The molecule has 3 nitrogen and oxygen atoms in total. The highest BCUT2D eigenvalue weighted by molar-refractivity contribution is 5.28. The third-order valence-electron chi connectivity index (χ3n) is 3.58. The van der Waals surface area contributed by atoms with Gasteiger partial charge in [0.15, 0.2) is 0 Å². The standard InChI is InChI=1S/C13H20N2O/c1-11-4-7-14-10-12(11)13(16)5-3-8-15(2)9-6-13/h4,7,10,16H,3,5-6,8-9H2,1-2H3. The Kier molecular flexibility index (Phi) is 3.26. The quantitative estimate of drug-likeness (QED) is 0.782. The normalized spacial score (nSPS) is 27.7. The third kappa shape index (κ3) is 2.25. The molecule has 1 aromatic heterocycles. The highest BCUT2D eigenvalue weighted by Crippen LogP contribution is 2.33. The Morgan fingerprint density at radius 1 is 1.38 bits per heavy atom. The van der Waals surface area contributed by atoms with Gasteiger partial charge in [-0.2, -0.15) is 0 Å². The van der Waals surface area contributed by atoms with Crippen LogP contribution in [0.2, 0.25) is 0 Å². The molecule has 16 heavy (non-hydrogen) atoms. The zero-order valence-corrected chi connectivity index (χ0v) is 10.1. The molecule has 1 unspecified atom stereocenters. The van der Waals surface area contributed by atoms with Gasteiger partial charge in [-0.15, -0.1) is 0 Å². The van der Waals surface area contributed by atoms with E-state index in [1.807, 2.05) is 19.2 Å². The molecule has 88 valence electrons. The molecule has 1 aliphatic rings. The molecule has 0 aliphatic carbocycles. The summed E-state index contributed by atoms with van der Waals surface area (Å²) in [6, 6.07) is 1.97. The summed E-state index contributed by atoms with van der Waals surface area (Å²) in [4.78, 5) is 6.42. The number of hydrogen-bond donors (Lipinski definition) is 1. The third-order valence-corrected chi connectivity index (χ3v) is 3.58. The molecular weight excluding hydrogens is 200 g/mol. The first-order valence-corrected chi connectivity index (χ1v) is 5.94. The van der Waals surface area contributed by atoms with Crippen molar-refractivity contribution in [1.29, 1.82) is 0 Å². The van der Waals surface area contributed by atoms with Gasteiger partial charge >= 0.3 is 0 Å². The highest BCUT2D eigenvalue weighted by atomic mass is 16.3. The number of aromatic nitrogens is 1. The van der Waals surface area contributed by atoms with Crippen LogP contribution in [0.5, 0.6) is 0 Å². The van der Waals surface area contributed by atoms with E-state index in [0.717, 1.165) is 43.5 Å². The lowest BCUT2D eigenvalue weighted by molar-refractivity contribution is 0.0209. The molecule has 1 atom stereocenters. The second-order valence-corrected chi connectivity index (χ2v) is 4.88. The van der Waals surface area contributed by atoms with Crippen molar-refractivity contribution in [3.63, 3.8) is 0 Å². The average Bonchev–Trinajstić information content (AvgIpc) is 2.43. The van der Waals surface area contributed by atoms with Crippen molar-refractivity contribution in [1.82, 2.24) is 9.88 Å². The number of aryl methyl sites for hydroxylation is 1. The first-order valence-electron chi connectivity index (χ1n) is 5.94. The lowest BCUT2D eigenvalue weighted by atomic mass is 9.85. The fourth-order valence-corrected chi connectivity index (χ4v) is 2.47. The predicted molar refractivity (Wildman–Crippen MR) is 64.2 cm³/mol. The second kappa shape index (κ2) is 4.52. The molecule has 1 aromatic rings. The van der Waals surface area contributed by atoms with E-state index in [-0.39, 0.29) is 0 Å². The van der Waals surface area contributed by atoms with E-state index in [0.29, 0.717) is 0 Å². The topological polar surface area (TPSA) is 36.4 Å². The van der Waals surface area contributed by atoms with Crippen molar-refractivity contribution in [2.75, 3.05) is 20.1 Å². The van der Waals surface area contributed by atoms with Gasteiger partial charge in [0.05, 0.1) is 5.60 Å². The molecule has 3 heteroatoms. The summed E-state index contributed by atoms with van der Waals surface area (Å²) >= 11 is 0. The summed E-state index contributed by atoms with van der Waals surface area (Å²) in [6.45, 7) is 4.07. The summed E-state index contributed by atoms with van der Waals surface area (Å²) < 4.78 is 0. The summed E-state index contributed by atoms with van der Waals surface area (Å²) in [5.74, 6) is 0. The van der Waals surface area contributed by atoms with Gasteiger partial charge in [-0.1, -0.05) is 0 Å². The molecule has 1 fully saturated rings. The monoisotopic (exact) mass is 220 g/mol. The Labute approximate surface area is 97.1 Å². The summed E-state index contributed by atoms with van der Waals surface area (Å²) in [5.41, 5.74) is 1.47. The fraction of sp³-hybridized carbons (Fsp3) is 0.615. The van der Waals surface area contributed by atoms with E-state index in [2.05, 4.69) is 16.9 Å². The zero-order chi connectivity index (χ0) is 11.6. The van der Waals surface area contributed by atoms with Crippen LogP contribution in [0.4, 0.5) is 0 Å². The minimum atomic E-state index is -0.677. The van der Waals surface area contributed by atoms with Gasteiger partial charge in [-0.25, -0.2) is 0 Å². The van der Waals surface area contributed by atoms with Crippen molar-refractivity contribution in [3.8, 4) is 0 Å². The number of hydrogen-bond acceptors (Lipinski definition) is 3. The maximum Gasteiger partial charge on any atom is 0.0926 e. The van der Waals surface area contributed by atoms with Crippen molar-refractivity contribution in [2.24, 2.45) is 0 Å². The van der Waals surface area contributed by atoms with Crippen LogP contribution in [0.1, 0.15) is 30.4 Å². The largest absolute Gasteiger partial charge is 0.385 e. The second-order valence-electron chi connectivity index (χ2n) is 4.88. The van der Waals surface area contributed by atoms with Crippen LogP contribution in [-0.4, -0.2) is 35.1 Å². The molecule has 0 aromatic carbocycles. The number of aliphatic hydroxyl groups is 1. The van der Waals surface area contributed by atoms with Crippen molar-refractivity contribution < 1.29 is 5.11 Å². The Hall–Kier alpha value is -0.930. The van der Waals surface area contributed by atoms with E-state index in [9.17, 15) is 5.11 Å². The first kappa shape index (κ1) is 11.6. The molecule has 0 radical (unpaired) electrons. The molecule has 1 aliphatic heterocycles. The minimum absolute atomic E-state index is 0.677. The number of nitrogens with zero attached hydrogens (tertiary/aromatic N) is 2. The summed E-state index contributed by atoms with van der Waals surface area (Å²) in [5, 5.41) is 10.8. The molecule has 1 saturated heterocycles. The lowest BCUT2D eigenvalue weighted by Gasteiger charge is -2.28. The minimum Gasteiger partial charge on any atom is -0.385 e. The van der Waals surface area contributed by atoms with Crippen molar-refractivity contribution in [2.45, 2.75) is 31.8 Å². The number of likely N-dealkylation sites (tertiary alicyclic amines) is 1. The molecule has 0 spiro atoms. The van der Waals surface area contributed by atoms with Crippen LogP contribution in [0.3, 0.4) is 0 Å². The van der Waals surface area contributed by atoms with Gasteiger partial charge in [0.2, 0.25) is 0 Å². The van der Waals surface area contributed by atoms with Crippen LogP contribution >= 0.6 is 0 Å². The maximum atomic E-state index is 10.8. The Bertz CT molecular complexity index is 367. The highest BCUT2D eigenvalue weighted by Gasteiger charge is 2.32. The molecule has 0 saturated carbocycles. The van der Waals surface area contributed by atoms with E-state index in [1.165, 1.54) is 0 Å². The maximum absolute atomic E-state index is 10.8. The smallest absolute Gasteiger partial charge is 0.0926 e. The number of rotatable bonds is 1. The Morgan fingerprint density at radius 3 is 2.94 bits per heavy atom. The zero-order valence-electron chi connectivity index (χ0n) is 10.1. The molecule has 1 N–H and O–H groups in total. The fourth-order valence-electron chi connectivity index (χ4n) is 2.47. The molecule has 0 amide bonds. The number of pyridine rings is 1. The van der Waals surface area contributed by atoms with Gasteiger partial charge in [-0.05, 0) is 51.4 Å². The molecule has 2 rings (SSSR count). The average molecular weight is 220 g/mol. The van der Waals surface area contributed by atoms with Crippen molar-refractivity contribution in [3.05, 3.63) is 29.6 Å². The first-order chi connectivity index (χ1) is 7.62. The summed E-state index contributed by atoms with van der Waals surface area (Å²) in [6.07, 6.45) is 6.28. The lowest BCUT2D eigenvalue weighted by Crippen LogP contribution is -2.28. The van der Waals surface area contributed by atoms with E-state index < -0.39 is 5.60 Å². The van der Waals surface area contributed by atoms with E-state index in [4.69, 9.17) is 0 Å².